The Kier molecular flexibility index (Phi) is 5.58. The van der Waals surface area contributed by atoms with Gasteiger partial charge in [-0.25, -0.2) is 4.98 Å². The molecule has 6 heteroatoms. The smallest absolute Gasteiger partial charge is 0.227 e. The van der Waals surface area contributed by atoms with E-state index in [0.29, 0.717) is 26.1 Å². The number of fused-ring (bicyclic) bond motifs is 1. The summed E-state index contributed by atoms with van der Waals surface area (Å²) in [5, 5.41) is 0.719. The molecule has 1 amide bonds. The lowest BCUT2D eigenvalue weighted by molar-refractivity contribution is -0.117. The van der Waals surface area contributed by atoms with Gasteiger partial charge < -0.3 is 14.2 Å². The van der Waals surface area contributed by atoms with Crippen LogP contribution >= 0.6 is 11.6 Å². The molecule has 3 aromatic carbocycles. The molecule has 1 unspecified atom stereocenters. The number of aromatic nitrogens is 2. The van der Waals surface area contributed by atoms with Crippen molar-refractivity contribution < 1.29 is 9.53 Å². The molecule has 0 N–H and O–H groups in total. The molecule has 1 aliphatic heterocycles. The fourth-order valence-corrected chi connectivity index (χ4v) is 4.49. The number of halogens is 1. The summed E-state index contributed by atoms with van der Waals surface area (Å²) in [5.74, 6) is 1.89. The molecule has 0 saturated carbocycles. The highest BCUT2D eigenvalue weighted by molar-refractivity contribution is 6.30. The first kappa shape index (κ1) is 20.6. The molecular weight excluding hydrogens is 422 g/mol. The van der Waals surface area contributed by atoms with Crippen LogP contribution in [0.2, 0.25) is 5.02 Å². The number of amides is 1. The molecule has 1 fully saturated rings. The van der Waals surface area contributed by atoms with Crippen LogP contribution in [-0.2, 0) is 11.3 Å². The van der Waals surface area contributed by atoms with E-state index in [1.165, 1.54) is 0 Å². The van der Waals surface area contributed by atoms with Gasteiger partial charge in [0.1, 0.15) is 11.6 Å². The number of carbonyl (C=O) groups is 1. The van der Waals surface area contributed by atoms with Crippen molar-refractivity contribution in [3.05, 3.63) is 89.2 Å². The van der Waals surface area contributed by atoms with Gasteiger partial charge in [-0.1, -0.05) is 35.9 Å². The lowest BCUT2D eigenvalue weighted by Gasteiger charge is -2.18. The lowest BCUT2D eigenvalue weighted by Crippen LogP contribution is -2.24. The summed E-state index contributed by atoms with van der Waals surface area (Å²) in [4.78, 5) is 19.7. The molecule has 1 aromatic heterocycles. The van der Waals surface area contributed by atoms with E-state index in [0.717, 1.165) is 38.9 Å². The molecule has 5 nitrogen and oxygen atoms in total. The maximum absolute atomic E-state index is 12.9. The fourth-order valence-electron chi connectivity index (χ4n) is 4.36. The van der Waals surface area contributed by atoms with E-state index in [2.05, 4.69) is 10.6 Å². The first-order valence-electron chi connectivity index (χ1n) is 10.8. The van der Waals surface area contributed by atoms with E-state index in [9.17, 15) is 4.79 Å². The molecule has 1 saturated heterocycles. The van der Waals surface area contributed by atoms with Crippen LogP contribution in [0.25, 0.3) is 11.0 Å². The van der Waals surface area contributed by atoms with Crippen LogP contribution in [-0.4, -0.2) is 28.6 Å². The van der Waals surface area contributed by atoms with Crippen molar-refractivity contribution in [2.24, 2.45) is 0 Å². The van der Waals surface area contributed by atoms with Gasteiger partial charge in [-0.3, -0.25) is 4.79 Å². The van der Waals surface area contributed by atoms with E-state index in [1.807, 2.05) is 78.6 Å². The number of carbonyl (C=O) groups excluding carboxylic acids is 1. The summed E-state index contributed by atoms with van der Waals surface area (Å²) >= 11 is 6.07. The molecule has 4 aromatic rings. The Labute approximate surface area is 192 Å². The maximum Gasteiger partial charge on any atom is 0.227 e. The molecule has 1 aliphatic rings. The van der Waals surface area contributed by atoms with E-state index < -0.39 is 0 Å². The molecule has 32 heavy (non-hydrogen) atoms. The molecule has 0 radical (unpaired) electrons. The van der Waals surface area contributed by atoms with Gasteiger partial charge in [-0.05, 0) is 61.0 Å². The van der Waals surface area contributed by atoms with E-state index in [-0.39, 0.29) is 11.8 Å². The Balaban J connectivity index is 1.46. The number of benzene rings is 3. The highest BCUT2D eigenvalue weighted by atomic mass is 35.5. The third kappa shape index (κ3) is 3.96. The average molecular weight is 446 g/mol. The quantitative estimate of drug-likeness (QED) is 0.385. The third-order valence-electron chi connectivity index (χ3n) is 5.89. The highest BCUT2D eigenvalue weighted by Crippen LogP contribution is 2.34. The van der Waals surface area contributed by atoms with Crippen LogP contribution in [0.5, 0.6) is 5.75 Å². The number of anilines is 1. The average Bonchev–Trinajstić information content (AvgIpc) is 3.37. The van der Waals surface area contributed by atoms with Gasteiger partial charge in [0.25, 0.3) is 0 Å². The Morgan fingerprint density at radius 2 is 1.78 bits per heavy atom. The van der Waals surface area contributed by atoms with Crippen molar-refractivity contribution in [1.82, 2.24) is 9.55 Å². The summed E-state index contributed by atoms with van der Waals surface area (Å²) in [7, 11) is 0. The van der Waals surface area contributed by atoms with Crippen LogP contribution in [0.4, 0.5) is 5.69 Å². The standard InChI is InChI=1S/C26H24ClN3O2/c1-2-32-22-13-11-21(12-14-22)29-17-19(15-25(29)31)26-28-23-5-3-4-6-24(23)30(26)16-18-7-9-20(27)10-8-18/h3-14,19H,2,15-17H2,1H3. The summed E-state index contributed by atoms with van der Waals surface area (Å²) in [6, 6.07) is 23.7. The van der Waals surface area contributed by atoms with E-state index >= 15 is 0 Å². The summed E-state index contributed by atoms with van der Waals surface area (Å²) < 4.78 is 7.76. The molecule has 0 aliphatic carbocycles. The van der Waals surface area contributed by atoms with Crippen LogP contribution in [0.15, 0.2) is 72.8 Å². The molecule has 1 atom stereocenters. The Morgan fingerprint density at radius 3 is 2.53 bits per heavy atom. The number of hydrogen-bond acceptors (Lipinski definition) is 3. The third-order valence-corrected chi connectivity index (χ3v) is 6.14. The van der Waals surface area contributed by atoms with E-state index in [4.69, 9.17) is 21.3 Å². The minimum Gasteiger partial charge on any atom is -0.494 e. The maximum atomic E-state index is 12.9. The highest BCUT2D eigenvalue weighted by Gasteiger charge is 2.34. The van der Waals surface area contributed by atoms with Gasteiger partial charge in [0.2, 0.25) is 5.91 Å². The molecule has 0 spiro atoms. The van der Waals surface area contributed by atoms with Crippen molar-refractivity contribution in [1.29, 1.82) is 0 Å². The number of ether oxygens (including phenoxy) is 1. The number of imidazole rings is 1. The second-order valence-electron chi connectivity index (χ2n) is 8.00. The number of rotatable bonds is 6. The van der Waals surface area contributed by atoms with Gasteiger partial charge >= 0.3 is 0 Å². The van der Waals surface area contributed by atoms with Crippen LogP contribution in [0, 0.1) is 0 Å². The fraction of sp³-hybridized carbons (Fsp3) is 0.231. The first-order valence-corrected chi connectivity index (χ1v) is 11.2. The van der Waals surface area contributed by atoms with E-state index in [1.54, 1.807) is 0 Å². The SMILES string of the molecule is CCOc1ccc(N2CC(c3nc4ccccc4n3Cc3ccc(Cl)cc3)CC2=O)cc1. The second kappa shape index (κ2) is 8.67. The topological polar surface area (TPSA) is 47.4 Å². The number of para-hydroxylation sites is 2. The van der Waals surface area contributed by atoms with Crippen molar-refractivity contribution in [2.75, 3.05) is 18.1 Å². The minimum absolute atomic E-state index is 0.0220. The zero-order chi connectivity index (χ0) is 22.1. The van der Waals surface area contributed by atoms with Gasteiger partial charge in [0, 0.05) is 36.1 Å². The summed E-state index contributed by atoms with van der Waals surface area (Å²) in [6.45, 7) is 3.87. The Bertz CT molecular complexity index is 1250. The molecule has 5 rings (SSSR count). The summed E-state index contributed by atoms with van der Waals surface area (Å²) in [5.41, 5.74) is 4.06. The predicted octanol–water partition coefficient (Wildman–Crippen LogP) is 5.66. The van der Waals surface area contributed by atoms with Gasteiger partial charge in [-0.2, -0.15) is 0 Å². The predicted molar refractivity (Wildman–Crippen MR) is 128 cm³/mol. The summed E-state index contributed by atoms with van der Waals surface area (Å²) in [6.07, 6.45) is 0.442. The Morgan fingerprint density at radius 1 is 1.03 bits per heavy atom. The van der Waals surface area contributed by atoms with Gasteiger partial charge in [-0.15, -0.1) is 0 Å². The Hall–Kier alpha value is -3.31. The van der Waals surface area contributed by atoms with Crippen molar-refractivity contribution >= 4 is 34.2 Å². The van der Waals surface area contributed by atoms with Gasteiger partial charge in [0.05, 0.1) is 17.6 Å². The zero-order valence-electron chi connectivity index (χ0n) is 17.9. The second-order valence-corrected chi connectivity index (χ2v) is 8.44. The molecular formula is C26H24ClN3O2. The van der Waals surface area contributed by atoms with Crippen LogP contribution in [0.3, 0.4) is 0 Å². The lowest BCUT2D eigenvalue weighted by atomic mass is 10.1. The van der Waals surface area contributed by atoms with Crippen LogP contribution in [0.1, 0.15) is 30.7 Å². The van der Waals surface area contributed by atoms with Gasteiger partial charge in [0.15, 0.2) is 0 Å². The molecule has 162 valence electrons. The number of hydrogen-bond donors (Lipinski definition) is 0. The number of nitrogens with zero attached hydrogens (tertiary/aromatic N) is 3. The van der Waals surface area contributed by atoms with Crippen LogP contribution < -0.4 is 9.64 Å². The zero-order valence-corrected chi connectivity index (χ0v) is 18.6. The largest absolute Gasteiger partial charge is 0.494 e. The molecule has 2 heterocycles. The minimum atomic E-state index is 0.0220. The molecule has 0 bridgehead atoms. The van der Waals surface area contributed by atoms with Crippen molar-refractivity contribution in [2.45, 2.75) is 25.8 Å². The first-order chi connectivity index (χ1) is 15.6. The van der Waals surface area contributed by atoms with Crippen molar-refractivity contribution in [3.63, 3.8) is 0 Å². The normalized spacial score (nSPS) is 16.1. The monoisotopic (exact) mass is 445 g/mol. The van der Waals surface area contributed by atoms with Crippen molar-refractivity contribution in [3.8, 4) is 5.75 Å².